The standard InChI is InChI=1S/C42H31O3P/c1-44-31-27-25-30(26-28-31)41-40-39(36-23-13-14-24-37(36)45-41)38(29-15-5-2-6-16-29)34-21-11-12-22-35(34)42(40)46(43,32-17-7-3-8-18-32)33-19-9-4-10-20-33/h2-28,41H,1H3. The van der Waals surface area contributed by atoms with Gasteiger partial charge in [0, 0.05) is 32.6 Å². The van der Waals surface area contributed by atoms with E-state index in [0.717, 1.165) is 71.6 Å². The normalized spacial score (nSPS) is 13.8. The molecule has 0 fully saturated rings. The average Bonchev–Trinajstić information content (AvgIpc) is 3.14. The lowest BCUT2D eigenvalue weighted by molar-refractivity contribution is 0.245. The summed E-state index contributed by atoms with van der Waals surface area (Å²) in [5, 5.41) is 4.39. The van der Waals surface area contributed by atoms with E-state index in [1.165, 1.54) is 0 Å². The summed E-state index contributed by atoms with van der Waals surface area (Å²) >= 11 is 0. The van der Waals surface area contributed by atoms with Crippen LogP contribution in [0, 0.1) is 0 Å². The molecule has 0 saturated heterocycles. The van der Waals surface area contributed by atoms with Gasteiger partial charge in [-0.3, -0.25) is 0 Å². The average molecular weight is 615 g/mol. The molecular formula is C42H31O3P. The Morgan fingerprint density at radius 1 is 0.565 bits per heavy atom. The summed E-state index contributed by atoms with van der Waals surface area (Å²) in [6.45, 7) is 0. The minimum absolute atomic E-state index is 0.529. The van der Waals surface area contributed by atoms with Crippen LogP contribution in [0.2, 0.25) is 0 Å². The molecule has 4 heteroatoms. The van der Waals surface area contributed by atoms with Crippen LogP contribution in [0.4, 0.5) is 0 Å². The fourth-order valence-electron chi connectivity index (χ4n) is 6.88. The second-order valence-corrected chi connectivity index (χ2v) is 14.2. The van der Waals surface area contributed by atoms with Gasteiger partial charge in [0.2, 0.25) is 0 Å². The van der Waals surface area contributed by atoms with Crippen LogP contribution in [-0.4, -0.2) is 7.11 Å². The van der Waals surface area contributed by atoms with Crippen molar-refractivity contribution in [2.45, 2.75) is 6.10 Å². The highest BCUT2D eigenvalue weighted by Gasteiger charge is 2.41. The first-order chi connectivity index (χ1) is 22.7. The van der Waals surface area contributed by atoms with Gasteiger partial charge in [0.25, 0.3) is 0 Å². The first-order valence-corrected chi connectivity index (χ1v) is 17.1. The highest BCUT2D eigenvalue weighted by Crippen LogP contribution is 2.56. The molecule has 1 unspecified atom stereocenters. The zero-order valence-corrected chi connectivity index (χ0v) is 26.2. The lowest BCUT2D eigenvalue weighted by atomic mass is 9.81. The first kappa shape index (κ1) is 28.1. The summed E-state index contributed by atoms with van der Waals surface area (Å²) in [4.78, 5) is 0. The Morgan fingerprint density at radius 2 is 1.11 bits per heavy atom. The van der Waals surface area contributed by atoms with Crippen molar-refractivity contribution < 1.29 is 14.0 Å². The van der Waals surface area contributed by atoms with E-state index in [1.54, 1.807) is 7.11 Å². The van der Waals surface area contributed by atoms with Crippen molar-refractivity contribution in [2.24, 2.45) is 0 Å². The van der Waals surface area contributed by atoms with Crippen LogP contribution < -0.4 is 25.4 Å². The summed E-state index contributed by atoms with van der Waals surface area (Å²) in [6, 6.07) is 55.1. The van der Waals surface area contributed by atoms with Gasteiger partial charge in [0.05, 0.1) is 7.11 Å². The van der Waals surface area contributed by atoms with Gasteiger partial charge in [0.1, 0.15) is 11.5 Å². The number of para-hydroxylation sites is 1. The third-order valence-corrected chi connectivity index (χ3v) is 12.1. The van der Waals surface area contributed by atoms with E-state index in [4.69, 9.17) is 9.47 Å². The van der Waals surface area contributed by atoms with Crippen LogP contribution in [0.1, 0.15) is 17.2 Å². The zero-order chi connectivity index (χ0) is 31.1. The molecule has 222 valence electrons. The lowest BCUT2D eigenvalue weighted by Crippen LogP contribution is -2.32. The van der Waals surface area contributed by atoms with Crippen LogP contribution in [-0.2, 0) is 4.57 Å². The number of ether oxygens (including phenoxy) is 2. The minimum Gasteiger partial charge on any atom is -0.497 e. The Kier molecular flexibility index (Phi) is 7.05. The number of benzene rings is 7. The Hall–Kier alpha value is -5.37. The first-order valence-electron chi connectivity index (χ1n) is 15.4. The Morgan fingerprint density at radius 3 is 1.74 bits per heavy atom. The van der Waals surface area contributed by atoms with Gasteiger partial charge in [-0.2, -0.15) is 0 Å². The maximum absolute atomic E-state index is 16.5. The predicted octanol–water partition coefficient (Wildman–Crippen LogP) is 9.30. The van der Waals surface area contributed by atoms with E-state index in [2.05, 4.69) is 66.7 Å². The van der Waals surface area contributed by atoms with E-state index in [0.29, 0.717) is 0 Å². The van der Waals surface area contributed by atoms with E-state index in [-0.39, 0.29) is 0 Å². The molecule has 1 aliphatic heterocycles. The molecule has 0 bridgehead atoms. The Bertz CT molecular complexity index is 2180. The molecule has 0 N–H and O–H groups in total. The molecule has 7 aromatic carbocycles. The van der Waals surface area contributed by atoms with Crippen LogP contribution in [0.3, 0.4) is 0 Å². The van der Waals surface area contributed by atoms with Crippen LogP contribution >= 0.6 is 7.14 Å². The second kappa shape index (κ2) is 11.5. The highest BCUT2D eigenvalue weighted by atomic mass is 31.2. The van der Waals surface area contributed by atoms with Crippen molar-refractivity contribution in [3.8, 4) is 33.8 Å². The fourth-order valence-corrected chi connectivity index (χ4v) is 9.98. The van der Waals surface area contributed by atoms with Gasteiger partial charge in [0.15, 0.2) is 13.2 Å². The van der Waals surface area contributed by atoms with Gasteiger partial charge in [-0.25, -0.2) is 0 Å². The van der Waals surface area contributed by atoms with E-state index < -0.39 is 13.2 Å². The molecule has 1 aliphatic rings. The van der Waals surface area contributed by atoms with Crippen molar-refractivity contribution in [2.75, 3.05) is 7.11 Å². The van der Waals surface area contributed by atoms with Crippen molar-refractivity contribution in [1.82, 2.24) is 0 Å². The molecule has 1 atom stereocenters. The summed E-state index contributed by atoms with van der Waals surface area (Å²) in [5.74, 6) is 1.56. The van der Waals surface area contributed by atoms with Gasteiger partial charge >= 0.3 is 0 Å². The molecule has 8 rings (SSSR count). The molecule has 0 aliphatic carbocycles. The van der Waals surface area contributed by atoms with Gasteiger partial charge in [-0.1, -0.05) is 146 Å². The van der Waals surface area contributed by atoms with E-state index in [1.807, 2.05) is 97.1 Å². The number of methoxy groups -OCH3 is 1. The van der Waals surface area contributed by atoms with Gasteiger partial charge in [-0.05, 0) is 45.7 Å². The largest absolute Gasteiger partial charge is 0.497 e. The summed E-state index contributed by atoms with van der Waals surface area (Å²) in [7, 11) is -1.81. The Balaban J connectivity index is 1.61. The number of hydrogen-bond acceptors (Lipinski definition) is 3. The van der Waals surface area contributed by atoms with Crippen LogP contribution in [0.15, 0.2) is 164 Å². The van der Waals surface area contributed by atoms with Crippen molar-refractivity contribution in [1.29, 1.82) is 0 Å². The van der Waals surface area contributed by atoms with E-state index in [9.17, 15) is 0 Å². The topological polar surface area (TPSA) is 35.5 Å². The molecule has 1 heterocycles. The molecule has 46 heavy (non-hydrogen) atoms. The van der Waals surface area contributed by atoms with Crippen LogP contribution in [0.5, 0.6) is 11.5 Å². The zero-order valence-electron chi connectivity index (χ0n) is 25.3. The number of rotatable bonds is 6. The fraction of sp³-hybridized carbons (Fsp3) is 0.0476. The maximum atomic E-state index is 16.5. The molecule has 3 nitrogen and oxygen atoms in total. The summed E-state index contributed by atoms with van der Waals surface area (Å²) < 4.78 is 29.0. The summed E-state index contributed by atoms with van der Waals surface area (Å²) in [6.07, 6.45) is -0.529. The molecule has 0 saturated carbocycles. The Labute approximate surface area is 269 Å². The van der Waals surface area contributed by atoms with Gasteiger partial charge in [-0.15, -0.1) is 0 Å². The lowest BCUT2D eigenvalue weighted by Gasteiger charge is -2.36. The van der Waals surface area contributed by atoms with Gasteiger partial charge < -0.3 is 14.0 Å². The maximum Gasteiger partial charge on any atom is 0.172 e. The monoisotopic (exact) mass is 614 g/mol. The third-order valence-electron chi connectivity index (χ3n) is 8.92. The summed E-state index contributed by atoms with van der Waals surface area (Å²) in [5.41, 5.74) is 6.13. The number of hydrogen-bond donors (Lipinski definition) is 0. The minimum atomic E-state index is -3.48. The molecule has 0 radical (unpaired) electrons. The molecule has 0 spiro atoms. The SMILES string of the molecule is COc1ccc(C2Oc3ccccc3-c3c2c(P(=O)(c2ccccc2)c2ccccc2)c2ccccc2c3-c2ccccc2)cc1. The van der Waals surface area contributed by atoms with Crippen molar-refractivity contribution in [3.63, 3.8) is 0 Å². The number of fused-ring (bicyclic) bond motifs is 4. The smallest absolute Gasteiger partial charge is 0.172 e. The second-order valence-electron chi connectivity index (χ2n) is 11.5. The predicted molar refractivity (Wildman–Crippen MR) is 190 cm³/mol. The quantitative estimate of drug-likeness (QED) is 0.175. The van der Waals surface area contributed by atoms with Crippen molar-refractivity contribution in [3.05, 3.63) is 175 Å². The van der Waals surface area contributed by atoms with Crippen LogP contribution in [0.25, 0.3) is 33.0 Å². The molecule has 0 amide bonds. The molecule has 7 aromatic rings. The highest BCUT2D eigenvalue weighted by molar-refractivity contribution is 7.85. The van der Waals surface area contributed by atoms with Crippen molar-refractivity contribution >= 4 is 33.8 Å². The molecular weight excluding hydrogens is 583 g/mol. The third kappa shape index (κ3) is 4.47. The van der Waals surface area contributed by atoms with E-state index >= 15 is 4.57 Å². The molecule has 0 aromatic heterocycles.